The number of halogens is 3. The summed E-state index contributed by atoms with van der Waals surface area (Å²) in [5, 5.41) is 5.10. The monoisotopic (exact) mass is 345 g/mol. The molecular formula is C15H14F3NO3S. The fourth-order valence-electron chi connectivity index (χ4n) is 2.23. The Morgan fingerprint density at radius 3 is 2.30 bits per heavy atom. The molecule has 2 aromatic carbocycles. The first-order chi connectivity index (χ1) is 10.6. The SMILES string of the molecule is COc1ccccc1Cc1cc(C(F)(F)F)ccc1S(N)(=O)=O. The van der Waals surface area contributed by atoms with E-state index in [1.54, 1.807) is 24.3 Å². The van der Waals surface area contributed by atoms with E-state index in [9.17, 15) is 21.6 Å². The predicted molar refractivity (Wildman–Crippen MR) is 78.6 cm³/mol. The number of nitrogens with two attached hydrogens (primary N) is 1. The Hall–Kier alpha value is -2.06. The smallest absolute Gasteiger partial charge is 0.416 e. The third kappa shape index (κ3) is 4.02. The molecule has 0 aliphatic heterocycles. The van der Waals surface area contributed by atoms with Crippen molar-refractivity contribution in [2.75, 3.05) is 7.11 Å². The molecule has 0 aliphatic rings. The second kappa shape index (κ2) is 6.21. The Labute approximate surface area is 131 Å². The van der Waals surface area contributed by atoms with Gasteiger partial charge in [0.1, 0.15) is 5.75 Å². The predicted octanol–water partition coefficient (Wildman–Crippen LogP) is 2.95. The highest BCUT2D eigenvalue weighted by atomic mass is 32.2. The molecule has 8 heteroatoms. The quantitative estimate of drug-likeness (QED) is 0.926. The molecule has 2 rings (SSSR count). The second-order valence-corrected chi connectivity index (χ2v) is 6.38. The second-order valence-electron chi connectivity index (χ2n) is 4.85. The molecule has 124 valence electrons. The van der Waals surface area contributed by atoms with Crippen molar-refractivity contribution in [2.24, 2.45) is 5.14 Å². The summed E-state index contributed by atoms with van der Waals surface area (Å²) in [6.45, 7) is 0. The highest BCUT2D eigenvalue weighted by molar-refractivity contribution is 7.89. The zero-order valence-corrected chi connectivity index (χ0v) is 12.9. The van der Waals surface area contributed by atoms with Gasteiger partial charge in [0.2, 0.25) is 10.0 Å². The molecule has 0 spiro atoms. The molecule has 0 aromatic heterocycles. The van der Waals surface area contributed by atoms with Gasteiger partial charge in [-0.25, -0.2) is 13.6 Å². The normalized spacial score (nSPS) is 12.2. The van der Waals surface area contributed by atoms with Gasteiger partial charge in [-0.05, 0) is 35.4 Å². The molecule has 0 heterocycles. The number of hydrogen-bond donors (Lipinski definition) is 1. The van der Waals surface area contributed by atoms with Gasteiger partial charge in [0.15, 0.2) is 0 Å². The average molecular weight is 345 g/mol. The maximum absolute atomic E-state index is 12.9. The maximum atomic E-state index is 12.9. The van der Waals surface area contributed by atoms with Crippen LogP contribution in [0.5, 0.6) is 5.75 Å². The third-order valence-electron chi connectivity index (χ3n) is 3.27. The van der Waals surface area contributed by atoms with Crippen LogP contribution in [-0.2, 0) is 22.6 Å². The lowest BCUT2D eigenvalue weighted by molar-refractivity contribution is -0.137. The van der Waals surface area contributed by atoms with Crippen LogP contribution in [0.1, 0.15) is 16.7 Å². The summed E-state index contributed by atoms with van der Waals surface area (Å²) < 4.78 is 67.0. The van der Waals surface area contributed by atoms with Crippen molar-refractivity contribution in [3.05, 3.63) is 59.2 Å². The average Bonchev–Trinajstić information content (AvgIpc) is 2.45. The van der Waals surface area contributed by atoms with Crippen LogP contribution in [0.2, 0.25) is 0 Å². The first kappa shape index (κ1) is 17.3. The number of alkyl halides is 3. The molecule has 2 aromatic rings. The van der Waals surface area contributed by atoms with Gasteiger partial charge in [0, 0.05) is 6.42 Å². The van der Waals surface area contributed by atoms with Crippen LogP contribution >= 0.6 is 0 Å². The van der Waals surface area contributed by atoms with Crippen molar-refractivity contribution in [2.45, 2.75) is 17.5 Å². The molecule has 0 atom stereocenters. The molecular weight excluding hydrogens is 331 g/mol. The Morgan fingerprint density at radius 1 is 1.09 bits per heavy atom. The Morgan fingerprint density at radius 2 is 1.74 bits per heavy atom. The fraction of sp³-hybridized carbons (Fsp3) is 0.200. The lowest BCUT2D eigenvalue weighted by Crippen LogP contribution is -2.16. The number of hydrogen-bond acceptors (Lipinski definition) is 3. The van der Waals surface area contributed by atoms with E-state index in [4.69, 9.17) is 9.88 Å². The minimum atomic E-state index is -4.58. The van der Waals surface area contributed by atoms with E-state index in [1.165, 1.54) is 7.11 Å². The Kier molecular flexibility index (Phi) is 4.67. The van der Waals surface area contributed by atoms with E-state index in [-0.39, 0.29) is 16.9 Å². The number of methoxy groups -OCH3 is 1. The summed E-state index contributed by atoms with van der Waals surface area (Å²) in [5.74, 6) is 0.449. The summed E-state index contributed by atoms with van der Waals surface area (Å²) in [6.07, 6.45) is -4.63. The minimum absolute atomic E-state index is 0.0353. The molecule has 2 N–H and O–H groups in total. The highest BCUT2D eigenvalue weighted by Gasteiger charge is 2.32. The highest BCUT2D eigenvalue weighted by Crippen LogP contribution is 2.33. The molecule has 0 saturated carbocycles. The summed E-state index contributed by atoms with van der Waals surface area (Å²) in [7, 11) is -2.72. The van der Waals surface area contributed by atoms with Crippen molar-refractivity contribution < 1.29 is 26.3 Å². The van der Waals surface area contributed by atoms with Crippen molar-refractivity contribution in [1.29, 1.82) is 0 Å². The lowest BCUT2D eigenvalue weighted by Gasteiger charge is -2.14. The molecule has 0 radical (unpaired) electrons. The molecule has 0 saturated heterocycles. The Bertz CT molecular complexity index is 817. The molecule has 0 amide bonds. The summed E-state index contributed by atoms with van der Waals surface area (Å²) >= 11 is 0. The topological polar surface area (TPSA) is 69.4 Å². The number of ether oxygens (including phenoxy) is 1. The van der Waals surface area contributed by atoms with Crippen LogP contribution in [0.4, 0.5) is 13.2 Å². The number of benzene rings is 2. The molecule has 0 aliphatic carbocycles. The van der Waals surface area contributed by atoms with Crippen LogP contribution in [-0.4, -0.2) is 15.5 Å². The lowest BCUT2D eigenvalue weighted by atomic mass is 10.0. The summed E-state index contributed by atoms with van der Waals surface area (Å²) in [4.78, 5) is -0.337. The number of rotatable bonds is 4. The van der Waals surface area contributed by atoms with Crippen LogP contribution in [0.3, 0.4) is 0 Å². The minimum Gasteiger partial charge on any atom is -0.496 e. The van der Waals surface area contributed by atoms with E-state index < -0.39 is 21.8 Å². The molecule has 23 heavy (non-hydrogen) atoms. The standard InChI is InChI=1S/C15H14F3NO3S/c1-22-13-5-3-2-4-10(13)8-11-9-12(15(16,17)18)6-7-14(11)23(19,20)21/h2-7,9H,8H2,1H3,(H2,19,20,21). The van der Waals surface area contributed by atoms with E-state index in [0.717, 1.165) is 12.1 Å². The van der Waals surface area contributed by atoms with Gasteiger partial charge < -0.3 is 4.74 Å². The van der Waals surface area contributed by atoms with Crippen LogP contribution < -0.4 is 9.88 Å². The van der Waals surface area contributed by atoms with Crippen LogP contribution in [0.15, 0.2) is 47.4 Å². The van der Waals surface area contributed by atoms with Crippen LogP contribution in [0.25, 0.3) is 0 Å². The van der Waals surface area contributed by atoms with Crippen molar-refractivity contribution >= 4 is 10.0 Å². The summed E-state index contributed by atoms with van der Waals surface area (Å²) in [5.41, 5.74) is -0.416. The Balaban J connectivity index is 2.58. The van der Waals surface area contributed by atoms with Gasteiger partial charge in [-0.3, -0.25) is 0 Å². The molecule has 0 unspecified atom stereocenters. The van der Waals surface area contributed by atoms with Crippen molar-refractivity contribution in [3.63, 3.8) is 0 Å². The van der Waals surface area contributed by atoms with Gasteiger partial charge in [-0.15, -0.1) is 0 Å². The van der Waals surface area contributed by atoms with Crippen molar-refractivity contribution in [3.8, 4) is 5.75 Å². The molecule has 0 bridgehead atoms. The van der Waals surface area contributed by atoms with Gasteiger partial charge in [-0.1, -0.05) is 18.2 Å². The maximum Gasteiger partial charge on any atom is 0.416 e. The molecule has 4 nitrogen and oxygen atoms in total. The summed E-state index contributed by atoms with van der Waals surface area (Å²) in [6, 6.07) is 9.04. The van der Waals surface area contributed by atoms with Gasteiger partial charge in [0.25, 0.3) is 0 Å². The fourth-order valence-corrected chi connectivity index (χ4v) is 2.98. The van der Waals surface area contributed by atoms with E-state index >= 15 is 0 Å². The van der Waals surface area contributed by atoms with Gasteiger partial charge in [0.05, 0.1) is 17.6 Å². The molecule has 0 fully saturated rings. The van der Waals surface area contributed by atoms with E-state index in [1.807, 2.05) is 0 Å². The van der Waals surface area contributed by atoms with E-state index in [2.05, 4.69) is 0 Å². The zero-order valence-electron chi connectivity index (χ0n) is 12.1. The van der Waals surface area contributed by atoms with Crippen molar-refractivity contribution in [1.82, 2.24) is 0 Å². The number of sulfonamides is 1. The first-order valence-corrected chi connectivity index (χ1v) is 8.02. The zero-order chi connectivity index (χ0) is 17.3. The van der Waals surface area contributed by atoms with Crippen LogP contribution in [0, 0.1) is 0 Å². The third-order valence-corrected chi connectivity index (χ3v) is 4.28. The van der Waals surface area contributed by atoms with Gasteiger partial charge in [-0.2, -0.15) is 13.2 Å². The van der Waals surface area contributed by atoms with Gasteiger partial charge >= 0.3 is 6.18 Å². The first-order valence-electron chi connectivity index (χ1n) is 6.47. The van der Waals surface area contributed by atoms with E-state index in [0.29, 0.717) is 17.4 Å². The number of para-hydroxylation sites is 1. The number of primary sulfonamides is 1. The largest absolute Gasteiger partial charge is 0.496 e.